The molecule has 0 bridgehead atoms. The van der Waals surface area contributed by atoms with Crippen molar-refractivity contribution in [2.24, 2.45) is 5.73 Å². The van der Waals surface area contributed by atoms with Gasteiger partial charge in [0.05, 0.1) is 0 Å². The summed E-state index contributed by atoms with van der Waals surface area (Å²) in [7, 11) is 0. The Balaban J connectivity index is 1.35. The number of nitrogens with two attached hydrogens (primary N) is 1. The summed E-state index contributed by atoms with van der Waals surface area (Å²) in [6.07, 6.45) is 1.50. The van der Waals surface area contributed by atoms with Crippen LogP contribution in [0.1, 0.15) is 16.1 Å². The highest BCUT2D eigenvalue weighted by Gasteiger charge is 2.14. The van der Waals surface area contributed by atoms with Crippen LogP contribution in [-0.2, 0) is 6.61 Å². The molecule has 9 heteroatoms. The Bertz CT molecular complexity index is 1100. The summed E-state index contributed by atoms with van der Waals surface area (Å²) in [5.74, 6) is 1.17. The van der Waals surface area contributed by atoms with Crippen molar-refractivity contribution < 1.29 is 23.8 Å². The summed E-state index contributed by atoms with van der Waals surface area (Å²) >= 11 is 0. The van der Waals surface area contributed by atoms with E-state index in [-0.39, 0.29) is 19.1 Å². The standard InChI is InChI=1S/C21H18N4O5/c22-20(26)17-8-13(6-7-23-17)11-28-16-3-1-2-14(9-16)24-21(27)25-15-4-5-18-19(10-15)30-12-29-18/h1-10H,11-12H2,(H2,22,26)(H2,24,25,27). The molecule has 9 nitrogen and oxygen atoms in total. The van der Waals surface area contributed by atoms with Crippen LogP contribution >= 0.6 is 0 Å². The largest absolute Gasteiger partial charge is 0.489 e. The Kier molecular flexibility index (Phi) is 5.33. The molecule has 2 heterocycles. The molecule has 3 aromatic rings. The van der Waals surface area contributed by atoms with Crippen LogP contribution in [-0.4, -0.2) is 23.7 Å². The van der Waals surface area contributed by atoms with E-state index in [0.29, 0.717) is 28.6 Å². The molecule has 0 saturated carbocycles. The van der Waals surface area contributed by atoms with Gasteiger partial charge in [0.2, 0.25) is 6.79 Å². The lowest BCUT2D eigenvalue weighted by molar-refractivity contribution is 0.0995. The van der Waals surface area contributed by atoms with Gasteiger partial charge in [-0.3, -0.25) is 9.78 Å². The second kappa shape index (κ2) is 8.39. The topological polar surface area (TPSA) is 125 Å². The molecule has 152 valence electrons. The van der Waals surface area contributed by atoms with Gasteiger partial charge in [-0.25, -0.2) is 4.79 Å². The molecular formula is C21H18N4O5. The first kappa shape index (κ1) is 19.1. The monoisotopic (exact) mass is 406 g/mol. The van der Waals surface area contributed by atoms with Crippen molar-refractivity contribution in [2.45, 2.75) is 6.61 Å². The number of nitrogens with one attached hydrogen (secondary N) is 2. The van der Waals surface area contributed by atoms with Gasteiger partial charge in [-0.15, -0.1) is 0 Å². The normalized spacial score (nSPS) is 11.6. The Hall–Kier alpha value is -4.27. The molecule has 0 saturated heterocycles. The van der Waals surface area contributed by atoms with Gasteiger partial charge in [-0.2, -0.15) is 0 Å². The zero-order valence-electron chi connectivity index (χ0n) is 15.8. The summed E-state index contributed by atoms with van der Waals surface area (Å²) in [4.78, 5) is 27.4. The Labute approximate surface area is 171 Å². The number of rotatable bonds is 6. The number of ether oxygens (including phenoxy) is 3. The van der Waals surface area contributed by atoms with Gasteiger partial charge in [-0.1, -0.05) is 6.07 Å². The first-order chi connectivity index (χ1) is 14.6. The maximum atomic E-state index is 12.3. The van der Waals surface area contributed by atoms with E-state index in [0.717, 1.165) is 5.56 Å². The molecule has 0 unspecified atom stereocenters. The summed E-state index contributed by atoms with van der Waals surface area (Å²) in [6, 6.07) is 15.0. The summed E-state index contributed by atoms with van der Waals surface area (Å²) in [6.45, 7) is 0.386. The van der Waals surface area contributed by atoms with Gasteiger partial charge in [0.25, 0.3) is 5.91 Å². The van der Waals surface area contributed by atoms with E-state index in [4.69, 9.17) is 19.9 Å². The van der Waals surface area contributed by atoms with Gasteiger partial charge >= 0.3 is 6.03 Å². The Morgan fingerprint density at radius 2 is 1.80 bits per heavy atom. The number of urea groups is 1. The third-order valence-electron chi connectivity index (χ3n) is 4.20. The Morgan fingerprint density at radius 3 is 2.63 bits per heavy atom. The molecule has 1 aromatic heterocycles. The van der Waals surface area contributed by atoms with Crippen molar-refractivity contribution in [1.82, 2.24) is 4.98 Å². The molecule has 4 N–H and O–H groups in total. The first-order valence-electron chi connectivity index (χ1n) is 9.02. The van der Waals surface area contributed by atoms with Crippen molar-refractivity contribution in [3.63, 3.8) is 0 Å². The lowest BCUT2D eigenvalue weighted by atomic mass is 10.2. The molecule has 0 fully saturated rings. The van der Waals surface area contributed by atoms with Crippen LogP contribution in [0.5, 0.6) is 17.2 Å². The third-order valence-corrected chi connectivity index (χ3v) is 4.20. The van der Waals surface area contributed by atoms with Gasteiger partial charge < -0.3 is 30.6 Å². The molecule has 3 amide bonds. The number of primary amides is 1. The molecule has 0 atom stereocenters. The second-order valence-electron chi connectivity index (χ2n) is 6.38. The van der Waals surface area contributed by atoms with Crippen LogP contribution in [0.3, 0.4) is 0 Å². The molecule has 0 aliphatic carbocycles. The van der Waals surface area contributed by atoms with Crippen LogP contribution < -0.4 is 30.6 Å². The van der Waals surface area contributed by atoms with E-state index >= 15 is 0 Å². The van der Waals surface area contributed by atoms with Crippen molar-refractivity contribution in [3.8, 4) is 17.2 Å². The number of anilines is 2. The fourth-order valence-electron chi connectivity index (χ4n) is 2.80. The van der Waals surface area contributed by atoms with E-state index in [1.807, 2.05) is 0 Å². The highest BCUT2D eigenvalue weighted by atomic mass is 16.7. The number of amides is 3. The number of aromatic nitrogens is 1. The molecule has 1 aliphatic heterocycles. The molecule has 2 aromatic carbocycles. The molecule has 0 radical (unpaired) electrons. The number of hydrogen-bond acceptors (Lipinski definition) is 6. The molecule has 0 spiro atoms. The Morgan fingerprint density at radius 1 is 1.00 bits per heavy atom. The second-order valence-corrected chi connectivity index (χ2v) is 6.38. The van der Waals surface area contributed by atoms with Crippen molar-refractivity contribution in [2.75, 3.05) is 17.4 Å². The van der Waals surface area contributed by atoms with Crippen LogP contribution in [0.4, 0.5) is 16.2 Å². The average Bonchev–Trinajstić information content (AvgIpc) is 3.20. The number of carbonyl (C=O) groups is 2. The van der Waals surface area contributed by atoms with E-state index in [9.17, 15) is 9.59 Å². The van der Waals surface area contributed by atoms with Crippen molar-refractivity contribution >= 4 is 23.3 Å². The lowest BCUT2D eigenvalue weighted by Crippen LogP contribution is -2.19. The summed E-state index contributed by atoms with van der Waals surface area (Å²) < 4.78 is 16.3. The third kappa shape index (κ3) is 4.58. The first-order valence-corrected chi connectivity index (χ1v) is 9.02. The highest BCUT2D eigenvalue weighted by Crippen LogP contribution is 2.34. The number of nitrogens with zero attached hydrogens (tertiary/aromatic N) is 1. The predicted molar refractivity (Wildman–Crippen MR) is 109 cm³/mol. The molecular weight excluding hydrogens is 388 g/mol. The van der Waals surface area contributed by atoms with Crippen molar-refractivity contribution in [1.29, 1.82) is 0 Å². The van der Waals surface area contributed by atoms with E-state index in [1.54, 1.807) is 54.6 Å². The van der Waals surface area contributed by atoms with Crippen LogP contribution in [0, 0.1) is 0 Å². The highest BCUT2D eigenvalue weighted by molar-refractivity contribution is 6.00. The number of benzene rings is 2. The number of carbonyl (C=O) groups excluding carboxylic acids is 2. The molecule has 1 aliphatic rings. The smallest absolute Gasteiger partial charge is 0.323 e. The quantitative estimate of drug-likeness (QED) is 0.578. The minimum atomic E-state index is -0.600. The zero-order chi connectivity index (χ0) is 20.9. The van der Waals surface area contributed by atoms with Crippen molar-refractivity contribution in [3.05, 3.63) is 72.1 Å². The fourth-order valence-corrected chi connectivity index (χ4v) is 2.80. The fraction of sp³-hybridized carbons (Fsp3) is 0.0952. The van der Waals surface area contributed by atoms with Crippen LogP contribution in [0.2, 0.25) is 0 Å². The maximum Gasteiger partial charge on any atom is 0.323 e. The molecule has 4 rings (SSSR count). The summed E-state index contributed by atoms with van der Waals surface area (Å²) in [5.41, 5.74) is 7.29. The lowest BCUT2D eigenvalue weighted by Gasteiger charge is -2.11. The van der Waals surface area contributed by atoms with Crippen LogP contribution in [0.15, 0.2) is 60.8 Å². The van der Waals surface area contributed by atoms with Crippen LogP contribution in [0.25, 0.3) is 0 Å². The predicted octanol–water partition coefficient (Wildman–Crippen LogP) is 3.13. The SMILES string of the molecule is NC(=O)c1cc(COc2cccc(NC(=O)Nc3ccc4c(c3)OCO4)c2)ccn1. The maximum absolute atomic E-state index is 12.3. The number of pyridine rings is 1. The zero-order valence-corrected chi connectivity index (χ0v) is 15.8. The van der Waals surface area contributed by atoms with Gasteiger partial charge in [0.15, 0.2) is 11.5 Å². The molecule has 30 heavy (non-hydrogen) atoms. The number of fused-ring (bicyclic) bond motifs is 1. The van der Waals surface area contributed by atoms with E-state index in [2.05, 4.69) is 15.6 Å². The van der Waals surface area contributed by atoms with Gasteiger partial charge in [0.1, 0.15) is 18.1 Å². The minimum absolute atomic E-state index is 0.168. The van der Waals surface area contributed by atoms with Gasteiger partial charge in [0, 0.05) is 29.7 Å². The minimum Gasteiger partial charge on any atom is -0.489 e. The van der Waals surface area contributed by atoms with Gasteiger partial charge in [-0.05, 0) is 42.0 Å². The van der Waals surface area contributed by atoms with E-state index in [1.165, 1.54) is 6.20 Å². The van der Waals surface area contributed by atoms with E-state index < -0.39 is 11.9 Å². The summed E-state index contributed by atoms with van der Waals surface area (Å²) in [5, 5.41) is 5.48. The average molecular weight is 406 g/mol. The number of hydrogen-bond donors (Lipinski definition) is 3.